The number of hydrogen-bond acceptors (Lipinski definition) is 3. The van der Waals surface area contributed by atoms with Crippen LogP contribution in [0.1, 0.15) is 4.88 Å². The van der Waals surface area contributed by atoms with Gasteiger partial charge in [-0.05, 0) is 42.1 Å². The van der Waals surface area contributed by atoms with Crippen molar-refractivity contribution in [2.45, 2.75) is 12.8 Å². The number of rotatable bonds is 5. The Morgan fingerprint density at radius 2 is 1.84 bits per heavy atom. The Labute approximate surface area is 112 Å². The molecule has 1 N–H and O–H groups in total. The van der Waals surface area contributed by atoms with Gasteiger partial charge in [0.15, 0.2) is 0 Å². The van der Waals surface area contributed by atoms with E-state index in [1.807, 2.05) is 17.5 Å². The minimum Gasteiger partial charge on any atom is -0.406 e. The van der Waals surface area contributed by atoms with Crippen molar-refractivity contribution in [3.8, 4) is 5.75 Å². The van der Waals surface area contributed by atoms with Crippen LogP contribution in [0.15, 0.2) is 41.8 Å². The van der Waals surface area contributed by atoms with E-state index < -0.39 is 6.36 Å². The van der Waals surface area contributed by atoms with E-state index >= 15 is 0 Å². The lowest BCUT2D eigenvalue weighted by atomic mass is 10.3. The molecule has 1 heterocycles. The summed E-state index contributed by atoms with van der Waals surface area (Å²) in [6, 6.07) is 9.75. The molecule has 0 fully saturated rings. The van der Waals surface area contributed by atoms with Gasteiger partial charge in [0, 0.05) is 17.1 Å². The van der Waals surface area contributed by atoms with E-state index in [0.29, 0.717) is 0 Å². The maximum atomic E-state index is 12.0. The first-order valence-electron chi connectivity index (χ1n) is 5.65. The predicted molar refractivity (Wildman–Crippen MR) is 69.6 cm³/mol. The highest BCUT2D eigenvalue weighted by Crippen LogP contribution is 2.23. The first-order chi connectivity index (χ1) is 9.03. The second-order valence-corrected chi connectivity index (χ2v) is 4.86. The monoisotopic (exact) mass is 287 g/mol. The number of benzene rings is 1. The highest BCUT2D eigenvalue weighted by molar-refractivity contribution is 7.09. The van der Waals surface area contributed by atoms with Crippen molar-refractivity contribution < 1.29 is 17.9 Å². The van der Waals surface area contributed by atoms with E-state index in [-0.39, 0.29) is 5.75 Å². The first kappa shape index (κ1) is 13.7. The quantitative estimate of drug-likeness (QED) is 0.885. The van der Waals surface area contributed by atoms with Gasteiger partial charge in [0.25, 0.3) is 0 Å². The summed E-state index contributed by atoms with van der Waals surface area (Å²) in [5.74, 6) is -0.212. The number of anilines is 1. The molecule has 1 aromatic heterocycles. The molecule has 0 atom stereocenters. The molecule has 102 valence electrons. The maximum Gasteiger partial charge on any atom is 0.573 e. The van der Waals surface area contributed by atoms with Crippen LogP contribution < -0.4 is 10.1 Å². The zero-order chi connectivity index (χ0) is 13.7. The van der Waals surface area contributed by atoms with Gasteiger partial charge in [-0.25, -0.2) is 0 Å². The molecular formula is C13H12F3NOS. The Balaban J connectivity index is 1.81. The van der Waals surface area contributed by atoms with Gasteiger partial charge in [0.1, 0.15) is 5.75 Å². The minimum atomic E-state index is -4.64. The fraction of sp³-hybridized carbons (Fsp3) is 0.231. The molecule has 2 nitrogen and oxygen atoms in total. The van der Waals surface area contributed by atoms with Crippen molar-refractivity contribution in [2.24, 2.45) is 0 Å². The molecule has 0 spiro atoms. The van der Waals surface area contributed by atoms with Crippen LogP contribution in [-0.2, 0) is 6.42 Å². The molecule has 0 aliphatic rings. The standard InChI is InChI=1S/C13H12F3NOS/c14-13(15,16)18-11-5-3-10(4-6-11)17-8-7-12-2-1-9-19-12/h1-6,9,17H,7-8H2. The zero-order valence-electron chi connectivity index (χ0n) is 9.91. The summed E-state index contributed by atoms with van der Waals surface area (Å²) in [7, 11) is 0. The molecular weight excluding hydrogens is 275 g/mol. The fourth-order valence-electron chi connectivity index (χ4n) is 1.56. The van der Waals surface area contributed by atoms with Crippen LogP contribution in [0.2, 0.25) is 0 Å². The molecule has 6 heteroatoms. The Kier molecular flexibility index (Phi) is 4.31. The van der Waals surface area contributed by atoms with Gasteiger partial charge in [-0.15, -0.1) is 24.5 Å². The van der Waals surface area contributed by atoms with Gasteiger partial charge in [-0.3, -0.25) is 0 Å². The van der Waals surface area contributed by atoms with Gasteiger partial charge in [-0.1, -0.05) is 6.07 Å². The van der Waals surface area contributed by atoms with E-state index in [4.69, 9.17) is 0 Å². The van der Waals surface area contributed by atoms with Crippen LogP contribution in [0.5, 0.6) is 5.75 Å². The lowest BCUT2D eigenvalue weighted by Crippen LogP contribution is -2.17. The lowest BCUT2D eigenvalue weighted by Gasteiger charge is -2.10. The third-order valence-electron chi connectivity index (χ3n) is 2.37. The van der Waals surface area contributed by atoms with Gasteiger partial charge in [-0.2, -0.15) is 0 Å². The predicted octanol–water partition coefficient (Wildman–Crippen LogP) is 4.30. The molecule has 0 unspecified atom stereocenters. The average molecular weight is 287 g/mol. The molecule has 2 aromatic rings. The summed E-state index contributed by atoms with van der Waals surface area (Å²) >= 11 is 1.68. The number of ether oxygens (including phenoxy) is 1. The van der Waals surface area contributed by atoms with Crippen molar-refractivity contribution in [1.29, 1.82) is 0 Å². The second-order valence-electron chi connectivity index (χ2n) is 3.83. The van der Waals surface area contributed by atoms with Gasteiger partial charge in [0.05, 0.1) is 0 Å². The molecule has 0 saturated carbocycles. The summed E-state index contributed by atoms with van der Waals surface area (Å²) in [6.45, 7) is 0.736. The van der Waals surface area contributed by atoms with Crippen LogP contribution in [0.25, 0.3) is 0 Å². The zero-order valence-corrected chi connectivity index (χ0v) is 10.7. The second kappa shape index (κ2) is 5.97. The first-order valence-corrected chi connectivity index (χ1v) is 6.53. The lowest BCUT2D eigenvalue weighted by molar-refractivity contribution is -0.274. The van der Waals surface area contributed by atoms with E-state index in [9.17, 15) is 13.2 Å². The van der Waals surface area contributed by atoms with Crippen LogP contribution in [0.3, 0.4) is 0 Å². The van der Waals surface area contributed by atoms with Crippen molar-refractivity contribution in [1.82, 2.24) is 0 Å². The summed E-state index contributed by atoms with van der Waals surface area (Å²) < 4.78 is 39.7. The van der Waals surface area contributed by atoms with Crippen LogP contribution in [-0.4, -0.2) is 12.9 Å². The normalized spacial score (nSPS) is 11.3. The van der Waals surface area contributed by atoms with Gasteiger partial charge >= 0.3 is 6.36 Å². The summed E-state index contributed by atoms with van der Waals surface area (Å²) in [5, 5.41) is 5.16. The van der Waals surface area contributed by atoms with Crippen molar-refractivity contribution >= 4 is 17.0 Å². The van der Waals surface area contributed by atoms with Crippen molar-refractivity contribution in [3.05, 3.63) is 46.7 Å². The smallest absolute Gasteiger partial charge is 0.406 e. The van der Waals surface area contributed by atoms with Gasteiger partial charge in [0.2, 0.25) is 0 Å². The van der Waals surface area contributed by atoms with Crippen molar-refractivity contribution in [3.63, 3.8) is 0 Å². The Bertz CT molecular complexity index is 494. The summed E-state index contributed by atoms with van der Waals surface area (Å²) in [5.41, 5.74) is 0.770. The largest absolute Gasteiger partial charge is 0.573 e. The molecule has 19 heavy (non-hydrogen) atoms. The number of nitrogens with one attached hydrogen (secondary N) is 1. The molecule has 0 aliphatic carbocycles. The highest BCUT2D eigenvalue weighted by Gasteiger charge is 2.30. The minimum absolute atomic E-state index is 0.212. The topological polar surface area (TPSA) is 21.3 Å². The average Bonchev–Trinajstić information content (AvgIpc) is 2.82. The van der Waals surface area contributed by atoms with E-state index in [0.717, 1.165) is 18.7 Å². The number of hydrogen-bond donors (Lipinski definition) is 1. The number of halogens is 3. The maximum absolute atomic E-state index is 12.0. The van der Waals surface area contributed by atoms with E-state index in [1.165, 1.54) is 17.0 Å². The third-order valence-corrected chi connectivity index (χ3v) is 3.30. The Morgan fingerprint density at radius 1 is 1.11 bits per heavy atom. The molecule has 0 aliphatic heterocycles. The molecule has 0 amide bonds. The fourth-order valence-corrected chi connectivity index (χ4v) is 2.27. The Hall–Kier alpha value is -1.69. The van der Waals surface area contributed by atoms with Crippen LogP contribution in [0.4, 0.5) is 18.9 Å². The van der Waals surface area contributed by atoms with Gasteiger partial charge < -0.3 is 10.1 Å². The molecule has 0 radical (unpaired) electrons. The molecule has 1 aromatic carbocycles. The van der Waals surface area contributed by atoms with Crippen molar-refractivity contribution in [2.75, 3.05) is 11.9 Å². The van der Waals surface area contributed by atoms with E-state index in [1.54, 1.807) is 23.5 Å². The summed E-state index contributed by atoms with van der Waals surface area (Å²) in [6.07, 6.45) is -3.76. The Morgan fingerprint density at radius 3 is 2.42 bits per heavy atom. The van der Waals surface area contributed by atoms with E-state index in [2.05, 4.69) is 10.1 Å². The third kappa shape index (κ3) is 4.82. The molecule has 0 saturated heterocycles. The molecule has 0 bridgehead atoms. The molecule has 2 rings (SSSR count). The van der Waals surface area contributed by atoms with Crippen LogP contribution in [0, 0.1) is 0 Å². The number of thiophene rings is 1. The highest BCUT2D eigenvalue weighted by atomic mass is 32.1. The SMILES string of the molecule is FC(F)(F)Oc1ccc(NCCc2cccs2)cc1. The summed E-state index contributed by atoms with van der Waals surface area (Å²) in [4.78, 5) is 1.27. The number of alkyl halides is 3. The van der Waals surface area contributed by atoms with Crippen LogP contribution >= 0.6 is 11.3 Å².